The van der Waals surface area contributed by atoms with Crippen LogP contribution in [0.2, 0.25) is 0 Å². The van der Waals surface area contributed by atoms with E-state index in [-0.39, 0.29) is 16.6 Å². The normalized spacial score (nSPS) is 14.6. The number of carbonyl (C=O) groups excluding carboxylic acids is 1. The molecular weight excluding hydrogens is 416 g/mol. The van der Waals surface area contributed by atoms with E-state index < -0.39 is 5.91 Å². The highest BCUT2D eigenvalue weighted by Gasteiger charge is 2.19. The highest BCUT2D eigenvalue weighted by Crippen LogP contribution is 2.29. The fourth-order valence-corrected chi connectivity index (χ4v) is 4.68. The van der Waals surface area contributed by atoms with Gasteiger partial charge in [-0.25, -0.2) is 13.8 Å². The minimum atomic E-state index is -0.551. The van der Waals surface area contributed by atoms with Crippen molar-refractivity contribution in [3.63, 3.8) is 0 Å². The summed E-state index contributed by atoms with van der Waals surface area (Å²) in [5.74, 6) is -1.08. The van der Waals surface area contributed by atoms with Crippen LogP contribution in [0.4, 0.5) is 8.78 Å². The first-order valence-corrected chi connectivity index (χ1v) is 11.0. The van der Waals surface area contributed by atoms with E-state index in [0.29, 0.717) is 5.69 Å². The number of carbonyl (C=O) groups is 1. The number of piperidine rings is 1. The highest BCUT2D eigenvalue weighted by molar-refractivity contribution is 7.14. The number of rotatable bonds is 6. The molecule has 4 rings (SSSR count). The van der Waals surface area contributed by atoms with Gasteiger partial charge in [0.1, 0.15) is 11.6 Å². The van der Waals surface area contributed by atoms with E-state index in [1.807, 2.05) is 6.07 Å². The van der Waals surface area contributed by atoms with Gasteiger partial charge < -0.3 is 10.6 Å². The highest BCUT2D eigenvalue weighted by atomic mass is 32.1. The van der Waals surface area contributed by atoms with Crippen molar-refractivity contribution in [2.45, 2.75) is 19.3 Å². The molecule has 1 aliphatic heterocycles. The van der Waals surface area contributed by atoms with Gasteiger partial charge in [-0.05, 0) is 61.2 Å². The van der Waals surface area contributed by atoms with E-state index in [4.69, 9.17) is 5.73 Å². The lowest BCUT2D eigenvalue weighted by atomic mass is 10.0. The number of primary amides is 1. The van der Waals surface area contributed by atoms with Gasteiger partial charge in [0.2, 0.25) is 0 Å². The third-order valence-corrected chi connectivity index (χ3v) is 6.53. The van der Waals surface area contributed by atoms with Gasteiger partial charge in [-0.2, -0.15) is 0 Å². The SMILES string of the molecule is NC(=O)c1nc(-c2ccc(F)cc2)c(CCN2CCC(=Cc3cccc(F)c3)CC2)s1. The van der Waals surface area contributed by atoms with Crippen LogP contribution < -0.4 is 5.73 Å². The van der Waals surface area contributed by atoms with Gasteiger partial charge in [-0.1, -0.05) is 23.8 Å². The van der Waals surface area contributed by atoms with Crippen LogP contribution in [0.5, 0.6) is 0 Å². The first-order chi connectivity index (χ1) is 15.0. The van der Waals surface area contributed by atoms with Crippen molar-refractivity contribution in [2.75, 3.05) is 19.6 Å². The maximum atomic E-state index is 13.4. The first-order valence-electron chi connectivity index (χ1n) is 10.2. The van der Waals surface area contributed by atoms with E-state index in [2.05, 4.69) is 16.0 Å². The monoisotopic (exact) mass is 439 g/mol. The van der Waals surface area contributed by atoms with Gasteiger partial charge in [-0.15, -0.1) is 11.3 Å². The number of benzene rings is 2. The van der Waals surface area contributed by atoms with Crippen molar-refractivity contribution < 1.29 is 13.6 Å². The van der Waals surface area contributed by atoms with Crippen LogP contribution in [0, 0.1) is 11.6 Å². The Hall–Kier alpha value is -2.90. The van der Waals surface area contributed by atoms with Gasteiger partial charge >= 0.3 is 0 Å². The lowest BCUT2D eigenvalue weighted by molar-refractivity contribution is 0.1000. The van der Waals surface area contributed by atoms with Crippen molar-refractivity contribution >= 4 is 23.3 Å². The molecule has 160 valence electrons. The molecule has 0 spiro atoms. The van der Waals surface area contributed by atoms with Gasteiger partial charge in [0.15, 0.2) is 5.01 Å². The maximum absolute atomic E-state index is 13.4. The molecule has 7 heteroatoms. The Morgan fingerprint density at radius 2 is 1.84 bits per heavy atom. The van der Waals surface area contributed by atoms with Crippen molar-refractivity contribution in [1.29, 1.82) is 0 Å². The number of amides is 1. The number of nitrogens with two attached hydrogens (primary N) is 1. The van der Waals surface area contributed by atoms with E-state index in [1.54, 1.807) is 24.3 Å². The molecule has 1 saturated heterocycles. The molecule has 0 bridgehead atoms. The Bertz CT molecular complexity index is 1100. The van der Waals surface area contributed by atoms with Crippen molar-refractivity contribution in [1.82, 2.24) is 9.88 Å². The number of thiazole rings is 1. The summed E-state index contributed by atoms with van der Waals surface area (Å²) in [6.45, 7) is 2.69. The topological polar surface area (TPSA) is 59.2 Å². The zero-order chi connectivity index (χ0) is 21.8. The molecule has 0 unspecified atom stereocenters. The van der Waals surface area contributed by atoms with Crippen molar-refractivity contribution in [3.05, 3.63) is 81.2 Å². The van der Waals surface area contributed by atoms with Gasteiger partial charge in [-0.3, -0.25) is 4.79 Å². The lowest BCUT2D eigenvalue weighted by Gasteiger charge is -2.28. The van der Waals surface area contributed by atoms with Crippen molar-refractivity contribution in [2.24, 2.45) is 5.73 Å². The predicted molar refractivity (Wildman–Crippen MR) is 120 cm³/mol. The van der Waals surface area contributed by atoms with E-state index in [9.17, 15) is 13.6 Å². The molecule has 4 nitrogen and oxygen atoms in total. The van der Waals surface area contributed by atoms with Crippen LogP contribution in [-0.2, 0) is 6.42 Å². The quantitative estimate of drug-likeness (QED) is 0.594. The molecular formula is C24H23F2N3OS. The van der Waals surface area contributed by atoms with Gasteiger partial charge in [0.05, 0.1) is 5.69 Å². The fourth-order valence-electron chi connectivity index (χ4n) is 3.76. The lowest BCUT2D eigenvalue weighted by Crippen LogP contribution is -2.32. The second-order valence-corrected chi connectivity index (χ2v) is 8.69. The van der Waals surface area contributed by atoms with Crippen molar-refractivity contribution in [3.8, 4) is 11.3 Å². The molecule has 0 radical (unpaired) electrons. The van der Waals surface area contributed by atoms with Gasteiger partial charge in [0, 0.05) is 30.1 Å². The molecule has 0 saturated carbocycles. The summed E-state index contributed by atoms with van der Waals surface area (Å²) in [6.07, 6.45) is 4.70. The molecule has 2 heterocycles. The molecule has 3 aromatic rings. The van der Waals surface area contributed by atoms with Crippen LogP contribution in [0.1, 0.15) is 33.1 Å². The standard InChI is InChI=1S/C24H23F2N3OS/c25-19-6-4-18(5-7-19)22-21(31-24(28-22)23(27)30)10-13-29-11-8-16(9-12-29)14-17-2-1-3-20(26)15-17/h1-7,14-15H,8-13H2,(H2,27,30). The average Bonchev–Trinajstić information content (AvgIpc) is 3.18. The summed E-state index contributed by atoms with van der Waals surface area (Å²) in [5, 5.41) is 0.272. The van der Waals surface area contributed by atoms with E-state index >= 15 is 0 Å². The molecule has 1 fully saturated rings. The molecule has 0 atom stereocenters. The number of nitrogens with zero attached hydrogens (tertiary/aromatic N) is 2. The second kappa shape index (κ2) is 9.49. The summed E-state index contributed by atoms with van der Waals surface area (Å²) in [5.41, 5.74) is 9.13. The second-order valence-electron chi connectivity index (χ2n) is 7.61. The maximum Gasteiger partial charge on any atom is 0.277 e. The summed E-state index contributed by atoms with van der Waals surface area (Å²) in [4.78, 5) is 19.4. The third kappa shape index (κ3) is 5.42. The third-order valence-electron chi connectivity index (χ3n) is 5.40. The molecule has 1 aliphatic rings. The van der Waals surface area contributed by atoms with Crippen LogP contribution in [0.15, 0.2) is 54.1 Å². The predicted octanol–water partition coefficient (Wildman–Crippen LogP) is 4.91. The molecule has 1 aromatic heterocycles. The van der Waals surface area contributed by atoms with E-state index in [1.165, 1.54) is 35.1 Å². The smallest absolute Gasteiger partial charge is 0.277 e. The number of halogens is 2. The minimum Gasteiger partial charge on any atom is -0.364 e. The largest absolute Gasteiger partial charge is 0.364 e. The molecule has 31 heavy (non-hydrogen) atoms. The summed E-state index contributed by atoms with van der Waals surface area (Å²) >= 11 is 1.31. The Labute approximate surface area is 184 Å². The van der Waals surface area contributed by atoms with Gasteiger partial charge in [0.25, 0.3) is 5.91 Å². The number of aromatic nitrogens is 1. The summed E-state index contributed by atoms with van der Waals surface area (Å²) in [7, 11) is 0. The molecule has 2 aromatic carbocycles. The first kappa shape index (κ1) is 21.3. The van der Waals surface area contributed by atoms with E-state index in [0.717, 1.165) is 54.9 Å². The number of likely N-dealkylation sites (tertiary alicyclic amines) is 1. The Kier molecular flexibility index (Phi) is 6.53. The van der Waals surface area contributed by atoms with Crippen LogP contribution >= 0.6 is 11.3 Å². The Morgan fingerprint density at radius 1 is 1.10 bits per heavy atom. The van der Waals surface area contributed by atoms with Crippen LogP contribution in [-0.4, -0.2) is 35.4 Å². The van der Waals surface area contributed by atoms with Crippen LogP contribution in [0.3, 0.4) is 0 Å². The molecule has 0 aliphatic carbocycles. The summed E-state index contributed by atoms with van der Waals surface area (Å²) in [6, 6.07) is 12.8. The minimum absolute atomic E-state index is 0.219. The zero-order valence-electron chi connectivity index (χ0n) is 17.0. The fraction of sp³-hybridized carbons (Fsp3) is 0.250. The molecule has 2 N–H and O–H groups in total. The molecule has 1 amide bonds. The zero-order valence-corrected chi connectivity index (χ0v) is 17.8. The van der Waals surface area contributed by atoms with Crippen LogP contribution in [0.25, 0.3) is 17.3 Å². The number of hydrogen-bond donors (Lipinski definition) is 1. The number of hydrogen-bond acceptors (Lipinski definition) is 4. The Morgan fingerprint density at radius 3 is 2.52 bits per heavy atom. The average molecular weight is 440 g/mol. The Balaban J connectivity index is 1.40. The summed E-state index contributed by atoms with van der Waals surface area (Å²) < 4.78 is 26.7.